The molecule has 2 aromatic carbocycles. The number of esters is 1. The minimum atomic E-state index is -0.434. The number of benzene rings is 2. The van der Waals surface area contributed by atoms with Gasteiger partial charge in [0.1, 0.15) is 0 Å². The zero-order valence-electron chi connectivity index (χ0n) is 12.6. The van der Waals surface area contributed by atoms with Crippen LogP contribution in [0.4, 0.5) is 17.1 Å². The van der Waals surface area contributed by atoms with Crippen LogP contribution in [0.5, 0.6) is 0 Å². The van der Waals surface area contributed by atoms with Crippen molar-refractivity contribution >= 4 is 23.0 Å². The smallest absolute Gasteiger partial charge is 0.340 e. The Morgan fingerprint density at radius 3 is 2.62 bits per heavy atom. The number of methoxy groups -OCH3 is 1. The summed E-state index contributed by atoms with van der Waals surface area (Å²) in [6.07, 6.45) is 0.917. The highest BCUT2D eigenvalue weighted by atomic mass is 16.5. The van der Waals surface area contributed by atoms with Crippen LogP contribution in [-0.4, -0.2) is 13.1 Å². The maximum atomic E-state index is 11.7. The van der Waals surface area contributed by atoms with Gasteiger partial charge in [-0.25, -0.2) is 4.79 Å². The maximum Gasteiger partial charge on any atom is 0.340 e. The molecule has 21 heavy (non-hydrogen) atoms. The van der Waals surface area contributed by atoms with Crippen molar-refractivity contribution in [3.8, 4) is 0 Å². The molecule has 3 N–H and O–H groups in total. The second-order valence-electron chi connectivity index (χ2n) is 4.85. The second kappa shape index (κ2) is 6.31. The van der Waals surface area contributed by atoms with Gasteiger partial charge in [0.15, 0.2) is 0 Å². The van der Waals surface area contributed by atoms with Crippen LogP contribution < -0.4 is 11.1 Å². The number of hydrogen-bond acceptors (Lipinski definition) is 4. The fraction of sp³-hybridized carbons (Fsp3) is 0.235. The topological polar surface area (TPSA) is 64.3 Å². The van der Waals surface area contributed by atoms with E-state index in [0.717, 1.165) is 17.7 Å². The number of para-hydroxylation sites is 2. The number of ether oxygens (including phenoxy) is 1. The Morgan fingerprint density at radius 2 is 1.95 bits per heavy atom. The van der Waals surface area contributed by atoms with Gasteiger partial charge < -0.3 is 15.8 Å². The molecule has 0 unspecified atom stereocenters. The van der Waals surface area contributed by atoms with Crippen molar-refractivity contribution in [1.29, 1.82) is 0 Å². The van der Waals surface area contributed by atoms with Crippen molar-refractivity contribution in [2.45, 2.75) is 20.3 Å². The molecule has 2 aromatic rings. The molecule has 0 heterocycles. The lowest BCUT2D eigenvalue weighted by atomic mass is 10.0. The summed E-state index contributed by atoms with van der Waals surface area (Å²) in [5.74, 6) is -0.434. The molecule has 2 rings (SSSR count). The summed E-state index contributed by atoms with van der Waals surface area (Å²) >= 11 is 0. The van der Waals surface area contributed by atoms with E-state index >= 15 is 0 Å². The van der Waals surface area contributed by atoms with Gasteiger partial charge in [0.2, 0.25) is 0 Å². The normalized spacial score (nSPS) is 10.2. The first-order valence-electron chi connectivity index (χ1n) is 6.90. The number of hydrogen-bond donors (Lipinski definition) is 2. The van der Waals surface area contributed by atoms with E-state index in [4.69, 9.17) is 10.5 Å². The molecule has 4 heteroatoms. The Kier molecular flexibility index (Phi) is 4.48. The highest BCUT2D eigenvalue weighted by Crippen LogP contribution is 2.30. The standard InChI is InChI=1S/C17H20N2O2/c1-4-12-8-5-7-11(2)16(12)19-14-10-6-9-13(15(14)18)17(20)21-3/h5-10,19H,4,18H2,1-3H3. The lowest BCUT2D eigenvalue weighted by Crippen LogP contribution is -2.08. The molecule has 0 bridgehead atoms. The third-order valence-electron chi connectivity index (χ3n) is 3.51. The van der Waals surface area contributed by atoms with E-state index in [1.165, 1.54) is 12.7 Å². The summed E-state index contributed by atoms with van der Waals surface area (Å²) < 4.78 is 4.74. The minimum absolute atomic E-state index is 0.370. The zero-order chi connectivity index (χ0) is 15.4. The van der Waals surface area contributed by atoms with Crippen molar-refractivity contribution < 1.29 is 9.53 Å². The van der Waals surface area contributed by atoms with Gasteiger partial charge >= 0.3 is 5.97 Å². The molecule has 110 valence electrons. The van der Waals surface area contributed by atoms with E-state index in [2.05, 4.69) is 18.3 Å². The Morgan fingerprint density at radius 1 is 1.24 bits per heavy atom. The van der Waals surface area contributed by atoms with Crippen LogP contribution in [0.15, 0.2) is 36.4 Å². The molecule has 0 fully saturated rings. The molecule has 0 aliphatic carbocycles. The third kappa shape index (κ3) is 2.99. The molecule has 4 nitrogen and oxygen atoms in total. The summed E-state index contributed by atoms with van der Waals surface area (Å²) in [5.41, 5.74) is 10.9. The Hall–Kier alpha value is -2.49. The van der Waals surface area contributed by atoms with Crippen molar-refractivity contribution in [1.82, 2.24) is 0 Å². The van der Waals surface area contributed by atoms with Gasteiger partial charge in [-0.2, -0.15) is 0 Å². The SMILES string of the molecule is CCc1cccc(C)c1Nc1cccc(C(=O)OC)c1N. The maximum absolute atomic E-state index is 11.7. The average Bonchev–Trinajstić information content (AvgIpc) is 2.50. The summed E-state index contributed by atoms with van der Waals surface area (Å²) in [5, 5.41) is 3.35. The first-order chi connectivity index (χ1) is 10.1. The molecule has 0 atom stereocenters. The molecule has 0 saturated heterocycles. The second-order valence-corrected chi connectivity index (χ2v) is 4.85. The highest BCUT2D eigenvalue weighted by molar-refractivity contribution is 5.99. The van der Waals surface area contributed by atoms with E-state index in [9.17, 15) is 4.79 Å². The lowest BCUT2D eigenvalue weighted by molar-refractivity contribution is 0.0602. The van der Waals surface area contributed by atoms with E-state index in [1.807, 2.05) is 25.1 Å². The largest absolute Gasteiger partial charge is 0.465 e. The number of carbonyl (C=O) groups is 1. The molecule has 0 aromatic heterocycles. The number of aryl methyl sites for hydroxylation is 2. The zero-order valence-corrected chi connectivity index (χ0v) is 12.6. The van der Waals surface area contributed by atoms with Crippen LogP contribution in [-0.2, 0) is 11.2 Å². The van der Waals surface area contributed by atoms with Crippen LogP contribution in [0, 0.1) is 6.92 Å². The van der Waals surface area contributed by atoms with Gasteiger partial charge in [0, 0.05) is 5.69 Å². The van der Waals surface area contributed by atoms with E-state index < -0.39 is 5.97 Å². The average molecular weight is 284 g/mol. The first kappa shape index (κ1) is 14.9. The van der Waals surface area contributed by atoms with Crippen molar-refractivity contribution in [2.75, 3.05) is 18.2 Å². The first-order valence-corrected chi connectivity index (χ1v) is 6.90. The van der Waals surface area contributed by atoms with E-state index in [1.54, 1.807) is 12.1 Å². The Balaban J connectivity index is 2.44. The van der Waals surface area contributed by atoms with Crippen LogP contribution >= 0.6 is 0 Å². The monoisotopic (exact) mass is 284 g/mol. The molecule has 0 saturated carbocycles. The fourth-order valence-electron chi connectivity index (χ4n) is 2.30. The summed E-state index contributed by atoms with van der Waals surface area (Å²) in [7, 11) is 1.35. The predicted molar refractivity (Wildman–Crippen MR) is 86.0 cm³/mol. The Bertz CT molecular complexity index is 666. The van der Waals surface area contributed by atoms with Crippen LogP contribution in [0.2, 0.25) is 0 Å². The van der Waals surface area contributed by atoms with Gasteiger partial charge in [0.05, 0.1) is 24.0 Å². The number of nitrogens with one attached hydrogen (secondary N) is 1. The highest BCUT2D eigenvalue weighted by Gasteiger charge is 2.14. The van der Waals surface area contributed by atoms with Gasteiger partial charge in [-0.1, -0.05) is 31.2 Å². The van der Waals surface area contributed by atoms with Gasteiger partial charge in [-0.3, -0.25) is 0 Å². The minimum Gasteiger partial charge on any atom is -0.465 e. The number of anilines is 3. The molecule has 0 aliphatic heterocycles. The van der Waals surface area contributed by atoms with Crippen molar-refractivity contribution in [3.63, 3.8) is 0 Å². The molecule has 0 amide bonds. The molecule has 0 aliphatic rings. The quantitative estimate of drug-likeness (QED) is 0.664. The van der Waals surface area contributed by atoms with E-state index in [0.29, 0.717) is 16.9 Å². The summed E-state index contributed by atoms with van der Waals surface area (Å²) in [4.78, 5) is 11.7. The van der Waals surface area contributed by atoms with Crippen molar-refractivity contribution in [2.24, 2.45) is 0 Å². The molecule has 0 spiro atoms. The van der Waals surface area contributed by atoms with Crippen LogP contribution in [0.25, 0.3) is 0 Å². The number of nitrogen functional groups attached to an aromatic ring is 1. The lowest BCUT2D eigenvalue weighted by Gasteiger charge is -2.16. The van der Waals surface area contributed by atoms with Gasteiger partial charge in [-0.15, -0.1) is 0 Å². The van der Waals surface area contributed by atoms with Crippen molar-refractivity contribution in [3.05, 3.63) is 53.1 Å². The number of nitrogens with two attached hydrogens (primary N) is 1. The molecule has 0 radical (unpaired) electrons. The molecular weight excluding hydrogens is 264 g/mol. The summed E-state index contributed by atoms with van der Waals surface area (Å²) in [6, 6.07) is 11.5. The van der Waals surface area contributed by atoms with Crippen LogP contribution in [0.3, 0.4) is 0 Å². The third-order valence-corrected chi connectivity index (χ3v) is 3.51. The Labute approximate surface area is 124 Å². The van der Waals surface area contributed by atoms with E-state index in [-0.39, 0.29) is 0 Å². The fourth-order valence-corrected chi connectivity index (χ4v) is 2.30. The summed E-state index contributed by atoms with van der Waals surface area (Å²) in [6.45, 7) is 4.15. The molecular formula is C17H20N2O2. The number of carbonyl (C=O) groups excluding carboxylic acids is 1. The predicted octanol–water partition coefficient (Wildman–Crippen LogP) is 3.67. The van der Waals surface area contributed by atoms with Crippen LogP contribution in [0.1, 0.15) is 28.4 Å². The number of rotatable bonds is 4. The van der Waals surface area contributed by atoms with Gasteiger partial charge in [-0.05, 0) is 36.6 Å². The van der Waals surface area contributed by atoms with Gasteiger partial charge in [0.25, 0.3) is 0 Å².